The average Bonchev–Trinajstić information content (AvgIpc) is 2.81. The lowest BCUT2D eigenvalue weighted by Crippen LogP contribution is -2.20. The number of aromatic nitrogens is 3. The zero-order valence-electron chi connectivity index (χ0n) is 10.3. The van der Waals surface area contributed by atoms with E-state index in [0.717, 1.165) is 19.3 Å². The summed E-state index contributed by atoms with van der Waals surface area (Å²) >= 11 is 5.76. The maximum Gasteiger partial charge on any atom is 0.308 e. The largest absolute Gasteiger partial charge is 0.469 e. The molecule has 1 aromatic heterocycles. The maximum absolute atomic E-state index is 11.4. The van der Waals surface area contributed by atoms with E-state index in [0.29, 0.717) is 16.8 Å². The summed E-state index contributed by atoms with van der Waals surface area (Å²) in [5, 5.41) is 11.1. The van der Waals surface area contributed by atoms with Gasteiger partial charge < -0.3 is 10.1 Å². The van der Waals surface area contributed by atoms with Gasteiger partial charge in [0.15, 0.2) is 5.15 Å². The summed E-state index contributed by atoms with van der Waals surface area (Å²) in [6.45, 7) is 1.77. The van der Waals surface area contributed by atoms with Gasteiger partial charge in [-0.25, -0.2) is 4.98 Å². The fourth-order valence-electron chi connectivity index (χ4n) is 2.13. The summed E-state index contributed by atoms with van der Waals surface area (Å²) < 4.78 is 4.74. The molecule has 1 aromatic rings. The van der Waals surface area contributed by atoms with Gasteiger partial charge in [-0.3, -0.25) is 4.79 Å². The SMILES string of the molecule is COC(=O)[C@H]1CC[C@@H](Nc2nnc(Cl)c(C)n2)C1. The highest BCUT2D eigenvalue weighted by Crippen LogP contribution is 2.28. The number of hydrogen-bond acceptors (Lipinski definition) is 6. The molecule has 0 spiro atoms. The van der Waals surface area contributed by atoms with Crippen molar-refractivity contribution in [3.63, 3.8) is 0 Å². The normalized spacial score (nSPS) is 22.8. The van der Waals surface area contributed by atoms with E-state index in [4.69, 9.17) is 16.3 Å². The van der Waals surface area contributed by atoms with Crippen LogP contribution in [0.25, 0.3) is 0 Å². The van der Waals surface area contributed by atoms with Crippen molar-refractivity contribution in [3.05, 3.63) is 10.8 Å². The molecule has 0 unspecified atom stereocenters. The summed E-state index contributed by atoms with van der Waals surface area (Å²) in [6, 6.07) is 0.177. The first-order valence-electron chi connectivity index (χ1n) is 5.81. The standard InChI is InChI=1S/C11H15ClN4O2/c1-6-9(12)15-16-11(13-6)14-8-4-3-7(5-8)10(17)18-2/h7-8H,3-5H2,1-2H3,(H,13,14,16)/t7-,8+/m0/s1. The van der Waals surface area contributed by atoms with Crippen LogP contribution in [0.3, 0.4) is 0 Å². The van der Waals surface area contributed by atoms with Gasteiger partial charge in [0, 0.05) is 6.04 Å². The van der Waals surface area contributed by atoms with E-state index in [2.05, 4.69) is 20.5 Å². The van der Waals surface area contributed by atoms with Gasteiger partial charge in [0.05, 0.1) is 18.7 Å². The molecule has 1 fully saturated rings. The monoisotopic (exact) mass is 270 g/mol. The lowest BCUT2D eigenvalue weighted by atomic mass is 10.1. The third-order valence-electron chi connectivity index (χ3n) is 3.11. The molecule has 2 atom stereocenters. The first-order valence-corrected chi connectivity index (χ1v) is 6.19. The van der Waals surface area contributed by atoms with Crippen LogP contribution < -0.4 is 5.32 Å². The second-order valence-corrected chi connectivity index (χ2v) is 4.74. The number of anilines is 1. The molecule has 1 heterocycles. The van der Waals surface area contributed by atoms with Gasteiger partial charge >= 0.3 is 5.97 Å². The van der Waals surface area contributed by atoms with Crippen molar-refractivity contribution in [2.24, 2.45) is 5.92 Å². The molecule has 7 heteroatoms. The summed E-state index contributed by atoms with van der Waals surface area (Å²) in [4.78, 5) is 15.6. The molecule has 2 rings (SSSR count). The Morgan fingerprint density at radius 3 is 2.89 bits per heavy atom. The van der Waals surface area contributed by atoms with Gasteiger partial charge in [0.25, 0.3) is 0 Å². The molecule has 0 amide bonds. The minimum Gasteiger partial charge on any atom is -0.469 e. The van der Waals surface area contributed by atoms with E-state index in [9.17, 15) is 4.79 Å². The molecular weight excluding hydrogens is 256 g/mol. The molecule has 1 aliphatic carbocycles. The van der Waals surface area contributed by atoms with E-state index in [1.807, 2.05) is 0 Å². The van der Waals surface area contributed by atoms with Crippen LogP contribution in [-0.4, -0.2) is 34.3 Å². The van der Waals surface area contributed by atoms with Crippen LogP contribution in [0.1, 0.15) is 25.0 Å². The Morgan fingerprint density at radius 1 is 1.44 bits per heavy atom. The molecule has 1 saturated carbocycles. The average molecular weight is 271 g/mol. The molecule has 1 N–H and O–H groups in total. The van der Waals surface area contributed by atoms with Crippen molar-refractivity contribution in [1.29, 1.82) is 0 Å². The fraction of sp³-hybridized carbons (Fsp3) is 0.636. The number of ether oxygens (including phenoxy) is 1. The number of hydrogen-bond donors (Lipinski definition) is 1. The number of carbonyl (C=O) groups excluding carboxylic acids is 1. The smallest absolute Gasteiger partial charge is 0.308 e. The summed E-state index contributed by atoms with van der Waals surface area (Å²) in [7, 11) is 1.42. The van der Waals surface area contributed by atoms with Crippen molar-refractivity contribution < 1.29 is 9.53 Å². The quantitative estimate of drug-likeness (QED) is 0.841. The second-order valence-electron chi connectivity index (χ2n) is 4.39. The number of aryl methyl sites for hydroxylation is 1. The molecule has 0 aliphatic heterocycles. The minimum absolute atomic E-state index is 0.0335. The molecule has 0 aromatic carbocycles. The second kappa shape index (κ2) is 5.48. The Kier molecular flexibility index (Phi) is 3.96. The van der Waals surface area contributed by atoms with Crippen LogP contribution in [0.5, 0.6) is 0 Å². The number of carbonyl (C=O) groups is 1. The van der Waals surface area contributed by atoms with E-state index in [1.165, 1.54) is 7.11 Å². The number of nitrogens with zero attached hydrogens (tertiary/aromatic N) is 3. The van der Waals surface area contributed by atoms with Crippen LogP contribution in [0, 0.1) is 12.8 Å². The van der Waals surface area contributed by atoms with Crippen molar-refractivity contribution in [1.82, 2.24) is 15.2 Å². The molecule has 0 bridgehead atoms. The molecule has 6 nitrogen and oxygen atoms in total. The van der Waals surface area contributed by atoms with Gasteiger partial charge in [-0.1, -0.05) is 11.6 Å². The minimum atomic E-state index is -0.148. The van der Waals surface area contributed by atoms with Crippen LogP contribution in [0.4, 0.5) is 5.95 Å². The van der Waals surface area contributed by atoms with Crippen molar-refractivity contribution in [2.75, 3.05) is 12.4 Å². The number of halogens is 1. The predicted molar refractivity (Wildman–Crippen MR) is 66.3 cm³/mol. The topological polar surface area (TPSA) is 77.0 Å². The lowest BCUT2D eigenvalue weighted by molar-refractivity contribution is -0.145. The number of nitrogens with one attached hydrogen (secondary N) is 1. The molecule has 1 aliphatic rings. The number of methoxy groups -OCH3 is 1. The summed E-state index contributed by atoms with van der Waals surface area (Å²) in [5.41, 5.74) is 0.636. The van der Waals surface area contributed by atoms with Gasteiger partial charge in [0.1, 0.15) is 0 Å². The summed E-state index contributed by atoms with van der Waals surface area (Å²) in [6.07, 6.45) is 2.45. The number of esters is 1. The molecule has 0 saturated heterocycles. The molecular formula is C11H15ClN4O2. The fourth-order valence-corrected chi connectivity index (χ4v) is 2.21. The number of rotatable bonds is 3. The zero-order valence-corrected chi connectivity index (χ0v) is 11.1. The van der Waals surface area contributed by atoms with E-state index in [-0.39, 0.29) is 17.9 Å². The van der Waals surface area contributed by atoms with E-state index < -0.39 is 0 Å². The van der Waals surface area contributed by atoms with Crippen molar-refractivity contribution in [3.8, 4) is 0 Å². The first-order chi connectivity index (χ1) is 8.60. The van der Waals surface area contributed by atoms with Crippen LogP contribution in [-0.2, 0) is 9.53 Å². The first kappa shape index (κ1) is 13.0. The van der Waals surface area contributed by atoms with Gasteiger partial charge in [-0.2, -0.15) is 0 Å². The Bertz CT molecular complexity index is 455. The van der Waals surface area contributed by atoms with E-state index in [1.54, 1.807) is 6.92 Å². The van der Waals surface area contributed by atoms with Crippen molar-refractivity contribution >= 4 is 23.5 Å². The van der Waals surface area contributed by atoms with Gasteiger partial charge in [-0.05, 0) is 26.2 Å². The van der Waals surface area contributed by atoms with Crippen LogP contribution in [0.2, 0.25) is 5.15 Å². The Morgan fingerprint density at radius 2 is 2.22 bits per heavy atom. The Hall–Kier alpha value is -1.43. The van der Waals surface area contributed by atoms with Gasteiger partial charge in [-0.15, -0.1) is 10.2 Å². The third kappa shape index (κ3) is 2.87. The summed E-state index contributed by atoms with van der Waals surface area (Å²) in [5.74, 6) is 0.270. The van der Waals surface area contributed by atoms with Crippen LogP contribution in [0.15, 0.2) is 0 Å². The molecule has 0 radical (unpaired) electrons. The Balaban J connectivity index is 1.95. The predicted octanol–water partition coefficient (Wildman–Crippen LogP) is 1.59. The van der Waals surface area contributed by atoms with E-state index >= 15 is 0 Å². The third-order valence-corrected chi connectivity index (χ3v) is 3.45. The van der Waals surface area contributed by atoms with Crippen molar-refractivity contribution in [2.45, 2.75) is 32.2 Å². The van der Waals surface area contributed by atoms with Gasteiger partial charge in [0.2, 0.25) is 5.95 Å². The Labute approximate surface area is 110 Å². The highest BCUT2D eigenvalue weighted by molar-refractivity contribution is 6.29. The lowest BCUT2D eigenvalue weighted by Gasteiger charge is -2.12. The highest BCUT2D eigenvalue weighted by atomic mass is 35.5. The highest BCUT2D eigenvalue weighted by Gasteiger charge is 2.30. The molecule has 98 valence electrons. The molecule has 18 heavy (non-hydrogen) atoms. The maximum atomic E-state index is 11.4. The zero-order chi connectivity index (χ0) is 13.1. The van der Waals surface area contributed by atoms with Crippen LogP contribution >= 0.6 is 11.6 Å².